The number of carboxylic acid groups (broad SMARTS) is 1. The maximum Gasteiger partial charge on any atom is 0.300 e. The minimum Gasteiger partial charge on any atom is -0.481 e. The Morgan fingerprint density at radius 2 is 2.00 bits per heavy atom. The molecular weight excluding hydrogens is 268 g/mol. The monoisotopic (exact) mass is 294 g/mol. The van der Waals surface area contributed by atoms with Crippen LogP contribution in [0.5, 0.6) is 0 Å². The van der Waals surface area contributed by atoms with Gasteiger partial charge in [-0.15, -0.1) is 0 Å². The normalized spacial score (nSPS) is 19.9. The summed E-state index contributed by atoms with van der Waals surface area (Å²) in [4.78, 5) is 9.00. The van der Waals surface area contributed by atoms with Gasteiger partial charge in [0.25, 0.3) is 5.97 Å². The zero-order chi connectivity index (χ0) is 16.1. The van der Waals surface area contributed by atoms with Gasteiger partial charge in [0.05, 0.1) is 12.7 Å². The Morgan fingerprint density at radius 3 is 2.43 bits per heavy atom. The molecule has 0 radical (unpaired) electrons. The molecule has 21 heavy (non-hydrogen) atoms. The molecule has 0 aliphatic heterocycles. The Morgan fingerprint density at radius 1 is 1.33 bits per heavy atom. The van der Waals surface area contributed by atoms with Gasteiger partial charge in [-0.05, 0) is 38.2 Å². The van der Waals surface area contributed by atoms with Crippen LogP contribution in [0.2, 0.25) is 0 Å². The molecule has 2 aliphatic carbocycles. The highest BCUT2D eigenvalue weighted by Gasteiger charge is 2.02. The van der Waals surface area contributed by atoms with E-state index in [9.17, 15) is 0 Å². The molecule has 1 unspecified atom stereocenters. The third-order valence-electron chi connectivity index (χ3n) is 2.74. The van der Waals surface area contributed by atoms with Crippen molar-refractivity contribution in [1.82, 2.24) is 0 Å². The summed E-state index contributed by atoms with van der Waals surface area (Å²) in [6.07, 6.45) is 16.0. The Bertz CT molecular complexity index is 410. The Balaban J connectivity index is 0.000000317. The largest absolute Gasteiger partial charge is 0.481 e. The Hall–Kier alpha value is -1.65. The van der Waals surface area contributed by atoms with Gasteiger partial charge in [-0.1, -0.05) is 42.0 Å². The highest BCUT2D eigenvalue weighted by molar-refractivity contribution is 5.62. The summed E-state index contributed by atoms with van der Waals surface area (Å²) >= 11 is 0. The number of hydrogen-bond acceptors (Lipinski definition) is 3. The first-order valence-electron chi connectivity index (χ1n) is 7.12. The van der Waals surface area contributed by atoms with Crippen molar-refractivity contribution >= 4 is 5.97 Å². The van der Waals surface area contributed by atoms with Gasteiger partial charge in [0.2, 0.25) is 0 Å². The van der Waals surface area contributed by atoms with Crippen molar-refractivity contribution in [2.75, 3.05) is 6.61 Å². The van der Waals surface area contributed by atoms with Crippen molar-refractivity contribution in [2.45, 2.75) is 45.6 Å². The van der Waals surface area contributed by atoms with E-state index in [1.165, 1.54) is 5.57 Å². The highest BCUT2D eigenvalue weighted by atomic mass is 16.4. The molecule has 2 aliphatic rings. The quantitative estimate of drug-likeness (QED) is 0.650. The minimum atomic E-state index is -0.833. The number of hydrogen-bond donors (Lipinski definition) is 3. The lowest BCUT2D eigenvalue weighted by atomic mass is 10.1. The molecule has 1 atom stereocenters. The van der Waals surface area contributed by atoms with E-state index in [1.807, 2.05) is 24.3 Å². The second-order valence-electron chi connectivity index (χ2n) is 4.98. The standard InChI is InChI=1S/C9H12O.C6H10O.C2H4O2/c1-8-4-2-3-5-9(6-8)7-10;7-6-4-2-1-3-5-6;1-2(3)4/h2-3,5-6,10H,4,7H2,1H3;1-2,6-7H,3-5H2;1H3,(H,3,4). The average Bonchev–Trinajstić information content (AvgIpc) is 2.64. The van der Waals surface area contributed by atoms with Gasteiger partial charge in [-0.25, -0.2) is 0 Å². The van der Waals surface area contributed by atoms with Gasteiger partial charge < -0.3 is 15.3 Å². The first-order chi connectivity index (χ1) is 9.95. The number of carbonyl (C=O) groups is 1. The molecule has 4 nitrogen and oxygen atoms in total. The molecule has 0 spiro atoms. The fourth-order valence-corrected chi connectivity index (χ4v) is 1.75. The van der Waals surface area contributed by atoms with E-state index >= 15 is 0 Å². The molecule has 118 valence electrons. The van der Waals surface area contributed by atoms with Gasteiger partial charge in [0, 0.05) is 6.92 Å². The van der Waals surface area contributed by atoms with Crippen molar-refractivity contribution in [2.24, 2.45) is 0 Å². The molecule has 0 saturated carbocycles. The summed E-state index contributed by atoms with van der Waals surface area (Å²) in [5.41, 5.74) is 2.29. The van der Waals surface area contributed by atoms with Gasteiger partial charge >= 0.3 is 0 Å². The average molecular weight is 294 g/mol. The van der Waals surface area contributed by atoms with Crippen molar-refractivity contribution in [1.29, 1.82) is 0 Å². The van der Waals surface area contributed by atoms with Crippen LogP contribution in [0.3, 0.4) is 0 Å². The summed E-state index contributed by atoms with van der Waals surface area (Å²) in [5, 5.41) is 25.1. The first kappa shape index (κ1) is 19.4. The molecule has 0 aromatic heterocycles. The second-order valence-corrected chi connectivity index (χ2v) is 4.98. The van der Waals surface area contributed by atoms with Crippen molar-refractivity contribution in [3.8, 4) is 0 Å². The van der Waals surface area contributed by atoms with Crippen LogP contribution in [0.15, 0.2) is 47.6 Å². The summed E-state index contributed by atoms with van der Waals surface area (Å²) in [7, 11) is 0. The van der Waals surface area contributed by atoms with Gasteiger partial charge in [-0.3, -0.25) is 4.79 Å². The molecule has 0 bridgehead atoms. The summed E-state index contributed by atoms with van der Waals surface area (Å²) < 4.78 is 0. The molecular formula is C17H26O4. The third kappa shape index (κ3) is 13.1. The molecule has 0 amide bonds. The molecule has 2 rings (SSSR count). The lowest BCUT2D eigenvalue weighted by Gasteiger charge is -2.08. The lowest BCUT2D eigenvalue weighted by Crippen LogP contribution is -2.06. The Labute approximate surface area is 126 Å². The van der Waals surface area contributed by atoms with E-state index in [1.54, 1.807) is 0 Å². The maximum atomic E-state index is 9.00. The summed E-state index contributed by atoms with van der Waals surface area (Å²) in [6, 6.07) is 0. The van der Waals surface area contributed by atoms with Crippen LogP contribution >= 0.6 is 0 Å². The van der Waals surface area contributed by atoms with E-state index < -0.39 is 5.97 Å². The van der Waals surface area contributed by atoms with E-state index in [2.05, 4.69) is 19.1 Å². The van der Waals surface area contributed by atoms with Crippen LogP contribution in [-0.2, 0) is 4.79 Å². The SMILES string of the molecule is CC(=O)O.CC1=CC(CO)=CC=CC1.OC1CC=CCC1. The number of rotatable bonds is 1. The zero-order valence-corrected chi connectivity index (χ0v) is 12.8. The van der Waals surface area contributed by atoms with E-state index in [4.69, 9.17) is 20.1 Å². The Kier molecular flexibility index (Phi) is 11.2. The second kappa shape index (κ2) is 12.1. The smallest absolute Gasteiger partial charge is 0.300 e. The van der Waals surface area contributed by atoms with E-state index in [0.717, 1.165) is 38.2 Å². The van der Waals surface area contributed by atoms with Crippen molar-refractivity contribution < 1.29 is 20.1 Å². The lowest BCUT2D eigenvalue weighted by molar-refractivity contribution is -0.134. The summed E-state index contributed by atoms with van der Waals surface area (Å²) in [6.45, 7) is 3.29. The van der Waals surface area contributed by atoms with Crippen LogP contribution in [-0.4, -0.2) is 34.0 Å². The fraction of sp³-hybridized carbons (Fsp3) is 0.471. The van der Waals surface area contributed by atoms with Gasteiger partial charge in [0.1, 0.15) is 0 Å². The number of aliphatic hydroxyl groups is 2. The molecule has 0 heterocycles. The van der Waals surface area contributed by atoms with Crippen LogP contribution in [0, 0.1) is 0 Å². The van der Waals surface area contributed by atoms with Crippen molar-refractivity contribution in [3.05, 3.63) is 47.6 Å². The predicted octanol–water partition coefficient (Wildman–Crippen LogP) is 2.99. The molecule has 4 heteroatoms. The van der Waals surface area contributed by atoms with Crippen LogP contribution in [0.1, 0.15) is 39.5 Å². The topological polar surface area (TPSA) is 77.8 Å². The highest BCUT2D eigenvalue weighted by Crippen LogP contribution is 2.10. The third-order valence-corrected chi connectivity index (χ3v) is 2.74. The van der Waals surface area contributed by atoms with Gasteiger partial charge in [0.15, 0.2) is 0 Å². The molecule has 3 N–H and O–H groups in total. The van der Waals surface area contributed by atoms with Crippen LogP contribution in [0.25, 0.3) is 0 Å². The van der Waals surface area contributed by atoms with Crippen LogP contribution < -0.4 is 0 Å². The number of aliphatic carboxylic acids is 1. The van der Waals surface area contributed by atoms with Gasteiger partial charge in [-0.2, -0.15) is 0 Å². The number of carboxylic acids is 1. The molecule has 0 aromatic rings. The molecule has 0 saturated heterocycles. The van der Waals surface area contributed by atoms with E-state index in [-0.39, 0.29) is 12.7 Å². The predicted molar refractivity (Wildman–Crippen MR) is 85.0 cm³/mol. The maximum absolute atomic E-state index is 9.00. The first-order valence-corrected chi connectivity index (χ1v) is 7.12. The van der Waals surface area contributed by atoms with Crippen LogP contribution in [0.4, 0.5) is 0 Å². The molecule has 0 fully saturated rings. The van der Waals surface area contributed by atoms with Crippen molar-refractivity contribution in [3.63, 3.8) is 0 Å². The molecule has 0 aromatic carbocycles. The number of allylic oxidation sites excluding steroid dienone is 5. The number of aliphatic hydroxyl groups excluding tert-OH is 2. The fourth-order valence-electron chi connectivity index (χ4n) is 1.75. The zero-order valence-electron chi connectivity index (χ0n) is 12.8. The summed E-state index contributed by atoms with van der Waals surface area (Å²) in [5.74, 6) is -0.833. The minimum absolute atomic E-state index is 0.0509. The van der Waals surface area contributed by atoms with E-state index in [0.29, 0.717) is 0 Å².